The maximum atomic E-state index is 12.7. The molecule has 3 rings (SSSR count). The second-order valence-corrected chi connectivity index (χ2v) is 6.95. The smallest absolute Gasteiger partial charge is 0.491 e. The lowest BCUT2D eigenvalue weighted by Crippen LogP contribution is -2.37. The number of hydrogen-bond acceptors (Lipinski definition) is 7. The molecule has 1 aromatic heterocycles. The van der Waals surface area contributed by atoms with Gasteiger partial charge in [0.15, 0.2) is 0 Å². The van der Waals surface area contributed by atoms with Crippen molar-refractivity contribution in [2.75, 3.05) is 6.54 Å². The Morgan fingerprint density at radius 1 is 1.15 bits per heavy atom. The van der Waals surface area contributed by atoms with Gasteiger partial charge < -0.3 is 19.7 Å². The molecule has 0 aliphatic rings. The van der Waals surface area contributed by atoms with Crippen molar-refractivity contribution in [1.82, 2.24) is 9.88 Å². The van der Waals surface area contributed by atoms with Gasteiger partial charge in [-0.3, -0.25) is 9.59 Å². The van der Waals surface area contributed by atoms with Crippen LogP contribution >= 0.6 is 0 Å². The average Bonchev–Trinajstić information content (AvgIpc) is 2.80. The summed E-state index contributed by atoms with van der Waals surface area (Å²) in [5, 5.41) is 21.6. The number of carbonyl (C=O) groups is 3. The van der Waals surface area contributed by atoms with Crippen LogP contribution in [-0.4, -0.2) is 40.2 Å². The fourth-order valence-corrected chi connectivity index (χ4v) is 3.11. The Morgan fingerprint density at radius 3 is 2.47 bits per heavy atom. The van der Waals surface area contributed by atoms with E-state index in [1.807, 2.05) is 11.4 Å². The Morgan fingerprint density at radius 2 is 1.82 bits per heavy atom. The molecule has 174 valence electrons. The second-order valence-electron chi connectivity index (χ2n) is 6.95. The summed E-state index contributed by atoms with van der Waals surface area (Å²) in [6.07, 6.45) is -5.40. The van der Waals surface area contributed by atoms with E-state index in [-0.39, 0.29) is 10.9 Å². The van der Waals surface area contributed by atoms with Crippen LogP contribution in [0.4, 0.5) is 13.2 Å². The van der Waals surface area contributed by atoms with Crippen molar-refractivity contribution in [2.24, 2.45) is 7.05 Å². The van der Waals surface area contributed by atoms with Crippen molar-refractivity contribution in [1.29, 1.82) is 5.26 Å². The predicted octanol–water partition coefficient (Wildman–Crippen LogP) is 2.14. The number of nitrogens with zero attached hydrogens (tertiary/aromatic N) is 2. The summed E-state index contributed by atoms with van der Waals surface area (Å²) >= 11 is 0. The molecule has 0 aliphatic carbocycles. The first-order chi connectivity index (χ1) is 15.9. The molecule has 1 amide bonds. The number of ether oxygens (including phenoxy) is 1. The quantitative estimate of drug-likeness (QED) is 0.437. The molecule has 0 atom stereocenters. The normalized spacial score (nSPS) is 11.0. The van der Waals surface area contributed by atoms with Gasteiger partial charge in [-0.15, -0.1) is 0 Å². The third-order valence-electron chi connectivity index (χ3n) is 4.75. The summed E-state index contributed by atoms with van der Waals surface area (Å²) in [6.45, 7) is -1.16. The van der Waals surface area contributed by atoms with Gasteiger partial charge in [-0.25, -0.2) is 9.59 Å². The number of rotatable bonds is 4. The van der Waals surface area contributed by atoms with E-state index >= 15 is 0 Å². The summed E-state index contributed by atoms with van der Waals surface area (Å²) in [6, 6.07) is 13.3. The Bertz CT molecular complexity index is 1440. The summed E-state index contributed by atoms with van der Waals surface area (Å²) in [5.74, 6) is -6.45. The minimum Gasteiger partial charge on any atom is -0.506 e. The standard InChI is InChI=1S/C22H14F3N3O6/c1-28-15-8-13(12-4-2-3-11(7-12)9-26)5-6-14(15)18(30)17(20(28)32)19(31)27-10-16(29)34-21(33)22(23,24)25/h2-8,30H,10H2,1H3,(H,27,31). The number of fused-ring (bicyclic) bond motifs is 1. The monoisotopic (exact) mass is 473 g/mol. The lowest BCUT2D eigenvalue weighted by molar-refractivity contribution is -0.201. The van der Waals surface area contributed by atoms with Gasteiger partial charge in [0.05, 0.1) is 17.1 Å². The molecule has 2 N–H and O–H groups in total. The second kappa shape index (κ2) is 9.07. The van der Waals surface area contributed by atoms with E-state index in [2.05, 4.69) is 4.74 Å². The molecule has 0 fully saturated rings. The van der Waals surface area contributed by atoms with E-state index in [9.17, 15) is 37.5 Å². The van der Waals surface area contributed by atoms with Gasteiger partial charge in [0.25, 0.3) is 11.5 Å². The van der Waals surface area contributed by atoms with Gasteiger partial charge in [0, 0.05) is 12.4 Å². The largest absolute Gasteiger partial charge is 0.506 e. The Hall–Kier alpha value is -4.66. The van der Waals surface area contributed by atoms with Crippen LogP contribution in [0.2, 0.25) is 0 Å². The van der Waals surface area contributed by atoms with Crippen LogP contribution < -0.4 is 10.9 Å². The van der Waals surface area contributed by atoms with Crippen molar-refractivity contribution in [3.8, 4) is 22.9 Å². The van der Waals surface area contributed by atoms with Crippen molar-refractivity contribution in [3.63, 3.8) is 0 Å². The molecule has 0 spiro atoms. The first-order valence-electron chi connectivity index (χ1n) is 9.40. The van der Waals surface area contributed by atoms with E-state index < -0.39 is 47.4 Å². The third kappa shape index (κ3) is 4.73. The van der Waals surface area contributed by atoms with E-state index in [0.29, 0.717) is 16.7 Å². The van der Waals surface area contributed by atoms with Crippen LogP contribution in [0.5, 0.6) is 5.75 Å². The van der Waals surface area contributed by atoms with E-state index in [1.54, 1.807) is 36.4 Å². The third-order valence-corrected chi connectivity index (χ3v) is 4.75. The minimum atomic E-state index is -5.40. The summed E-state index contributed by atoms with van der Waals surface area (Å²) in [7, 11) is 1.33. The van der Waals surface area contributed by atoms with Gasteiger partial charge in [0.2, 0.25) is 0 Å². The zero-order chi connectivity index (χ0) is 25.2. The van der Waals surface area contributed by atoms with Crippen molar-refractivity contribution >= 4 is 28.7 Å². The van der Waals surface area contributed by atoms with E-state index in [4.69, 9.17) is 5.26 Å². The molecule has 1 heterocycles. The molecule has 2 aromatic carbocycles. The number of aryl methyl sites for hydroxylation is 1. The molecule has 12 heteroatoms. The molecule has 0 radical (unpaired) electrons. The Labute approximate surface area is 188 Å². The van der Waals surface area contributed by atoms with Crippen LogP contribution in [-0.2, 0) is 21.4 Å². The lowest BCUT2D eigenvalue weighted by Gasteiger charge is -2.13. The maximum absolute atomic E-state index is 12.7. The first-order valence-corrected chi connectivity index (χ1v) is 9.40. The van der Waals surface area contributed by atoms with Crippen LogP contribution in [0.1, 0.15) is 15.9 Å². The summed E-state index contributed by atoms with van der Waals surface area (Å²) in [4.78, 5) is 47.2. The van der Waals surface area contributed by atoms with Crippen molar-refractivity contribution in [3.05, 3.63) is 63.9 Å². The number of esters is 2. The van der Waals surface area contributed by atoms with E-state index in [1.165, 1.54) is 13.1 Å². The van der Waals surface area contributed by atoms with Gasteiger partial charge >= 0.3 is 18.1 Å². The zero-order valence-corrected chi connectivity index (χ0v) is 17.3. The molecule has 0 aliphatic heterocycles. The topological polar surface area (TPSA) is 138 Å². The number of nitriles is 1. The first kappa shape index (κ1) is 24.0. The SMILES string of the molecule is Cn1c(=O)c(C(=O)NCC(=O)OC(=O)C(F)(F)F)c(O)c2ccc(-c3cccc(C#N)c3)cc21. The molecule has 3 aromatic rings. The van der Waals surface area contributed by atoms with Crippen LogP contribution in [0.25, 0.3) is 22.0 Å². The minimum absolute atomic E-state index is 0.0993. The lowest BCUT2D eigenvalue weighted by atomic mass is 10.0. The fourth-order valence-electron chi connectivity index (χ4n) is 3.11. The number of halogens is 3. The summed E-state index contributed by atoms with van der Waals surface area (Å²) in [5.41, 5.74) is 0.232. The van der Waals surface area contributed by atoms with Gasteiger partial charge in [-0.1, -0.05) is 18.2 Å². The highest BCUT2D eigenvalue weighted by molar-refractivity contribution is 6.04. The van der Waals surface area contributed by atoms with E-state index in [0.717, 1.165) is 4.57 Å². The molecule has 9 nitrogen and oxygen atoms in total. The van der Waals surface area contributed by atoms with Crippen molar-refractivity contribution in [2.45, 2.75) is 6.18 Å². The molecule has 0 saturated carbocycles. The molecular weight excluding hydrogens is 459 g/mol. The predicted molar refractivity (Wildman–Crippen MR) is 110 cm³/mol. The highest BCUT2D eigenvalue weighted by Crippen LogP contribution is 2.30. The molecule has 0 saturated heterocycles. The number of aromatic nitrogens is 1. The average molecular weight is 473 g/mol. The molecule has 34 heavy (non-hydrogen) atoms. The van der Waals surface area contributed by atoms with Crippen LogP contribution in [0, 0.1) is 11.3 Å². The van der Waals surface area contributed by atoms with Crippen LogP contribution in [0.3, 0.4) is 0 Å². The fraction of sp³-hybridized carbons (Fsp3) is 0.136. The van der Waals surface area contributed by atoms with Crippen molar-refractivity contribution < 1.29 is 37.4 Å². The number of carbonyl (C=O) groups excluding carboxylic acids is 3. The Balaban J connectivity index is 1.92. The molecule has 0 unspecified atom stereocenters. The highest BCUT2D eigenvalue weighted by Gasteiger charge is 2.42. The molecular formula is C22H14F3N3O6. The maximum Gasteiger partial charge on any atom is 0.491 e. The number of nitrogens with one attached hydrogen (secondary N) is 1. The number of pyridine rings is 1. The number of aromatic hydroxyl groups is 1. The molecule has 0 bridgehead atoms. The highest BCUT2D eigenvalue weighted by atomic mass is 19.4. The van der Waals surface area contributed by atoms with Crippen LogP contribution in [0.15, 0.2) is 47.3 Å². The summed E-state index contributed by atoms with van der Waals surface area (Å²) < 4.78 is 41.0. The Kier molecular flexibility index (Phi) is 6.40. The van der Waals surface area contributed by atoms with Gasteiger partial charge in [0.1, 0.15) is 17.9 Å². The number of hydrogen-bond donors (Lipinski definition) is 2. The van der Waals surface area contributed by atoms with Gasteiger partial charge in [-0.05, 0) is 35.4 Å². The number of benzene rings is 2. The zero-order valence-electron chi connectivity index (χ0n) is 17.3. The van der Waals surface area contributed by atoms with Gasteiger partial charge in [-0.2, -0.15) is 18.4 Å². The number of alkyl halides is 3. The number of amides is 1.